The van der Waals surface area contributed by atoms with Gasteiger partial charge in [-0.2, -0.15) is 5.10 Å². The monoisotopic (exact) mass is 309 g/mol. The van der Waals surface area contributed by atoms with E-state index in [2.05, 4.69) is 24.3 Å². The lowest BCUT2D eigenvalue weighted by Crippen LogP contribution is -2.32. The molecule has 0 fully saturated rings. The van der Waals surface area contributed by atoms with Crippen LogP contribution in [0.1, 0.15) is 69.1 Å². The SMILES string of the molecule is CCC(CC)n1ncc(C(=O)NCCC(C)(C)C(=O)O)c1C. The number of aliphatic carboxylic acids is 1. The van der Waals surface area contributed by atoms with Crippen molar-refractivity contribution >= 4 is 11.9 Å². The smallest absolute Gasteiger partial charge is 0.309 e. The highest BCUT2D eigenvalue weighted by Crippen LogP contribution is 2.21. The Morgan fingerprint density at radius 1 is 1.36 bits per heavy atom. The fraction of sp³-hybridized carbons (Fsp3) is 0.688. The molecule has 22 heavy (non-hydrogen) atoms. The molecule has 0 radical (unpaired) electrons. The average Bonchev–Trinajstić information content (AvgIpc) is 2.82. The van der Waals surface area contributed by atoms with Gasteiger partial charge in [0.25, 0.3) is 5.91 Å². The summed E-state index contributed by atoms with van der Waals surface area (Å²) in [6, 6.07) is 0.299. The van der Waals surface area contributed by atoms with E-state index in [0.29, 0.717) is 24.6 Å². The highest BCUT2D eigenvalue weighted by atomic mass is 16.4. The number of carboxylic acids is 1. The van der Waals surface area contributed by atoms with Crippen LogP contribution in [0.5, 0.6) is 0 Å². The summed E-state index contributed by atoms with van der Waals surface area (Å²) in [5, 5.41) is 16.2. The van der Waals surface area contributed by atoms with Crippen molar-refractivity contribution in [3.8, 4) is 0 Å². The van der Waals surface area contributed by atoms with Gasteiger partial charge in [0.1, 0.15) is 0 Å². The van der Waals surface area contributed by atoms with E-state index in [4.69, 9.17) is 5.11 Å². The summed E-state index contributed by atoms with van der Waals surface area (Å²) in [4.78, 5) is 23.3. The van der Waals surface area contributed by atoms with Crippen LogP contribution in [0.3, 0.4) is 0 Å². The molecule has 0 atom stereocenters. The topological polar surface area (TPSA) is 84.2 Å². The molecule has 0 spiro atoms. The van der Waals surface area contributed by atoms with Gasteiger partial charge in [-0.15, -0.1) is 0 Å². The maximum absolute atomic E-state index is 12.2. The number of hydrogen-bond acceptors (Lipinski definition) is 3. The van der Waals surface area contributed by atoms with E-state index in [-0.39, 0.29) is 5.91 Å². The molecule has 1 heterocycles. The number of aromatic nitrogens is 2. The van der Waals surface area contributed by atoms with Crippen LogP contribution in [0.15, 0.2) is 6.20 Å². The summed E-state index contributed by atoms with van der Waals surface area (Å²) in [6.45, 7) is 9.72. The fourth-order valence-corrected chi connectivity index (χ4v) is 2.34. The minimum Gasteiger partial charge on any atom is -0.481 e. The molecule has 1 aromatic heterocycles. The molecule has 2 N–H and O–H groups in total. The molecule has 0 aliphatic rings. The van der Waals surface area contributed by atoms with Crippen LogP contribution in [-0.4, -0.2) is 33.3 Å². The molecule has 0 aromatic carbocycles. The third-order valence-corrected chi connectivity index (χ3v) is 4.19. The zero-order chi connectivity index (χ0) is 16.9. The van der Waals surface area contributed by atoms with Gasteiger partial charge in [0.2, 0.25) is 0 Å². The summed E-state index contributed by atoms with van der Waals surface area (Å²) < 4.78 is 1.90. The van der Waals surface area contributed by atoms with Gasteiger partial charge < -0.3 is 10.4 Å². The maximum Gasteiger partial charge on any atom is 0.309 e. The summed E-state index contributed by atoms with van der Waals surface area (Å²) in [5.41, 5.74) is 0.561. The Hall–Kier alpha value is -1.85. The Labute approximate surface area is 131 Å². The largest absolute Gasteiger partial charge is 0.481 e. The van der Waals surface area contributed by atoms with Crippen molar-refractivity contribution in [2.75, 3.05) is 6.54 Å². The molecule has 0 aliphatic carbocycles. The molecule has 0 aliphatic heterocycles. The molecule has 6 nitrogen and oxygen atoms in total. The number of rotatable bonds is 8. The van der Waals surface area contributed by atoms with Crippen LogP contribution >= 0.6 is 0 Å². The van der Waals surface area contributed by atoms with Crippen molar-refractivity contribution in [1.82, 2.24) is 15.1 Å². The van der Waals surface area contributed by atoms with Crippen molar-refractivity contribution in [3.05, 3.63) is 17.5 Å². The highest BCUT2D eigenvalue weighted by molar-refractivity contribution is 5.95. The molecule has 0 saturated carbocycles. The average molecular weight is 309 g/mol. The zero-order valence-electron chi connectivity index (χ0n) is 14.1. The van der Waals surface area contributed by atoms with Crippen molar-refractivity contribution in [1.29, 1.82) is 0 Å². The zero-order valence-corrected chi connectivity index (χ0v) is 14.1. The standard InChI is InChI=1S/C16H27N3O3/c1-6-12(7-2)19-11(3)13(10-18-19)14(20)17-9-8-16(4,5)15(21)22/h10,12H,6-9H2,1-5H3,(H,17,20)(H,21,22). The Kier molecular flexibility index (Phi) is 6.14. The van der Waals surface area contributed by atoms with Crippen molar-refractivity contribution in [2.24, 2.45) is 5.41 Å². The molecular weight excluding hydrogens is 282 g/mol. The Bertz CT molecular complexity index is 531. The van der Waals surface area contributed by atoms with E-state index >= 15 is 0 Å². The van der Waals surface area contributed by atoms with Crippen molar-refractivity contribution in [3.63, 3.8) is 0 Å². The predicted octanol–water partition coefficient (Wildman–Crippen LogP) is 2.78. The lowest BCUT2D eigenvalue weighted by Gasteiger charge is -2.19. The Balaban J connectivity index is 2.70. The Morgan fingerprint density at radius 2 is 1.95 bits per heavy atom. The summed E-state index contributed by atoms with van der Waals surface area (Å²) >= 11 is 0. The van der Waals surface area contributed by atoms with Crippen LogP contribution in [0.4, 0.5) is 0 Å². The first kappa shape index (κ1) is 18.2. The number of nitrogens with one attached hydrogen (secondary N) is 1. The van der Waals surface area contributed by atoms with Gasteiger partial charge in [-0.25, -0.2) is 0 Å². The quantitative estimate of drug-likeness (QED) is 0.773. The molecule has 0 bridgehead atoms. The summed E-state index contributed by atoms with van der Waals surface area (Å²) in [7, 11) is 0. The molecule has 6 heteroatoms. The van der Waals surface area contributed by atoms with Gasteiger partial charge in [0.15, 0.2) is 0 Å². The second-order valence-corrected chi connectivity index (χ2v) is 6.25. The lowest BCUT2D eigenvalue weighted by molar-refractivity contribution is -0.147. The highest BCUT2D eigenvalue weighted by Gasteiger charge is 2.27. The van der Waals surface area contributed by atoms with Crippen molar-refractivity contribution < 1.29 is 14.7 Å². The number of carbonyl (C=O) groups is 2. The minimum atomic E-state index is -0.862. The van der Waals surface area contributed by atoms with E-state index < -0.39 is 11.4 Å². The fourth-order valence-electron chi connectivity index (χ4n) is 2.34. The summed E-state index contributed by atoms with van der Waals surface area (Å²) in [5.74, 6) is -1.06. The number of amides is 1. The number of carboxylic acid groups (broad SMARTS) is 1. The van der Waals surface area contributed by atoms with Crippen LogP contribution in [-0.2, 0) is 4.79 Å². The van der Waals surface area contributed by atoms with Crippen LogP contribution in [0, 0.1) is 12.3 Å². The van der Waals surface area contributed by atoms with Gasteiger partial charge in [-0.3, -0.25) is 14.3 Å². The van der Waals surface area contributed by atoms with Crippen molar-refractivity contribution in [2.45, 2.75) is 59.9 Å². The third kappa shape index (κ3) is 4.08. The first-order valence-corrected chi connectivity index (χ1v) is 7.80. The normalized spacial score (nSPS) is 11.7. The number of hydrogen-bond donors (Lipinski definition) is 2. The van der Waals surface area contributed by atoms with Crippen LogP contribution in [0.2, 0.25) is 0 Å². The molecular formula is C16H27N3O3. The van der Waals surface area contributed by atoms with Gasteiger partial charge in [0.05, 0.1) is 23.2 Å². The maximum atomic E-state index is 12.2. The first-order valence-electron chi connectivity index (χ1n) is 7.80. The molecule has 1 aromatic rings. The van der Waals surface area contributed by atoms with Crippen LogP contribution < -0.4 is 5.32 Å². The van der Waals surface area contributed by atoms with E-state index in [1.807, 2.05) is 11.6 Å². The minimum absolute atomic E-state index is 0.198. The first-order chi connectivity index (χ1) is 10.2. The van der Waals surface area contributed by atoms with Crippen LogP contribution in [0.25, 0.3) is 0 Å². The number of carbonyl (C=O) groups excluding carboxylic acids is 1. The Morgan fingerprint density at radius 3 is 2.45 bits per heavy atom. The van der Waals surface area contributed by atoms with E-state index in [0.717, 1.165) is 18.5 Å². The van der Waals surface area contributed by atoms with E-state index in [9.17, 15) is 9.59 Å². The lowest BCUT2D eigenvalue weighted by atomic mass is 9.90. The number of nitrogens with zero attached hydrogens (tertiary/aromatic N) is 2. The molecule has 1 amide bonds. The second-order valence-electron chi connectivity index (χ2n) is 6.25. The molecule has 124 valence electrons. The van der Waals surface area contributed by atoms with Gasteiger partial charge in [-0.05, 0) is 40.0 Å². The van der Waals surface area contributed by atoms with Gasteiger partial charge >= 0.3 is 5.97 Å². The summed E-state index contributed by atoms with van der Waals surface area (Å²) in [6.07, 6.45) is 3.90. The second kappa shape index (κ2) is 7.42. The van der Waals surface area contributed by atoms with Gasteiger partial charge in [0, 0.05) is 12.2 Å². The van der Waals surface area contributed by atoms with E-state index in [1.54, 1.807) is 20.0 Å². The molecule has 0 saturated heterocycles. The van der Waals surface area contributed by atoms with E-state index in [1.165, 1.54) is 0 Å². The van der Waals surface area contributed by atoms with Gasteiger partial charge in [-0.1, -0.05) is 13.8 Å². The molecule has 1 rings (SSSR count). The molecule has 0 unspecified atom stereocenters. The third-order valence-electron chi connectivity index (χ3n) is 4.19. The predicted molar refractivity (Wildman–Crippen MR) is 85.0 cm³/mol.